The molecular weight excluding hydrogens is 281 g/mol. The van der Waals surface area contributed by atoms with Crippen molar-refractivity contribution in [3.8, 4) is 0 Å². The second kappa shape index (κ2) is 5.87. The minimum Gasteiger partial charge on any atom is -0.308 e. The van der Waals surface area contributed by atoms with Crippen LogP contribution in [0.25, 0.3) is 0 Å². The van der Waals surface area contributed by atoms with Crippen LogP contribution in [-0.2, 0) is 6.18 Å². The summed E-state index contributed by atoms with van der Waals surface area (Å²) in [6.45, 7) is 1.85. The van der Waals surface area contributed by atoms with Crippen LogP contribution in [0.4, 0.5) is 29.3 Å². The SMILES string of the molecule is Cc1cccc(NC(=O)Nc2ccccc2C(F)(F)F)c1. The lowest BCUT2D eigenvalue weighted by molar-refractivity contribution is -0.136. The first-order valence-corrected chi connectivity index (χ1v) is 6.17. The molecule has 6 heteroatoms. The normalized spacial score (nSPS) is 11.0. The molecule has 0 saturated carbocycles. The van der Waals surface area contributed by atoms with Crippen LogP contribution in [0, 0.1) is 6.92 Å². The summed E-state index contributed by atoms with van der Waals surface area (Å²) in [7, 11) is 0. The van der Waals surface area contributed by atoms with Crippen molar-refractivity contribution in [1.29, 1.82) is 0 Å². The van der Waals surface area contributed by atoms with Crippen molar-refractivity contribution in [2.45, 2.75) is 13.1 Å². The fourth-order valence-electron chi connectivity index (χ4n) is 1.85. The number of hydrogen-bond acceptors (Lipinski definition) is 1. The highest BCUT2D eigenvalue weighted by molar-refractivity contribution is 6.00. The van der Waals surface area contributed by atoms with Crippen molar-refractivity contribution >= 4 is 17.4 Å². The molecule has 110 valence electrons. The summed E-state index contributed by atoms with van der Waals surface area (Å²) in [5, 5.41) is 4.71. The van der Waals surface area contributed by atoms with Crippen LogP contribution >= 0.6 is 0 Å². The zero-order valence-corrected chi connectivity index (χ0v) is 11.2. The number of aryl methyl sites for hydroxylation is 1. The summed E-state index contributed by atoms with van der Waals surface area (Å²) in [6.07, 6.45) is -4.52. The molecule has 0 spiro atoms. The van der Waals surface area contributed by atoms with Crippen LogP contribution in [0.15, 0.2) is 48.5 Å². The van der Waals surface area contributed by atoms with Gasteiger partial charge in [0.25, 0.3) is 0 Å². The fourth-order valence-corrected chi connectivity index (χ4v) is 1.85. The number of urea groups is 1. The van der Waals surface area contributed by atoms with E-state index < -0.39 is 17.8 Å². The van der Waals surface area contributed by atoms with E-state index >= 15 is 0 Å². The monoisotopic (exact) mass is 294 g/mol. The predicted molar refractivity (Wildman–Crippen MR) is 75.3 cm³/mol. The van der Waals surface area contributed by atoms with Crippen LogP contribution in [0.1, 0.15) is 11.1 Å². The highest BCUT2D eigenvalue weighted by Crippen LogP contribution is 2.34. The average Bonchev–Trinajstić information content (AvgIpc) is 2.37. The second-order valence-corrected chi connectivity index (χ2v) is 4.49. The maximum atomic E-state index is 12.8. The van der Waals surface area contributed by atoms with Gasteiger partial charge in [-0.1, -0.05) is 24.3 Å². The Morgan fingerprint density at radius 2 is 1.71 bits per heavy atom. The largest absolute Gasteiger partial charge is 0.418 e. The van der Waals surface area contributed by atoms with Gasteiger partial charge in [0.05, 0.1) is 11.3 Å². The van der Waals surface area contributed by atoms with E-state index in [0.29, 0.717) is 5.69 Å². The Bertz CT molecular complexity index is 653. The molecular formula is C15H13F3N2O. The van der Waals surface area contributed by atoms with Gasteiger partial charge in [-0.15, -0.1) is 0 Å². The van der Waals surface area contributed by atoms with E-state index in [9.17, 15) is 18.0 Å². The first-order valence-electron chi connectivity index (χ1n) is 6.17. The van der Waals surface area contributed by atoms with Crippen molar-refractivity contribution < 1.29 is 18.0 Å². The number of anilines is 2. The fraction of sp³-hybridized carbons (Fsp3) is 0.133. The Balaban J connectivity index is 2.14. The Kier molecular flexibility index (Phi) is 4.16. The van der Waals surface area contributed by atoms with E-state index in [0.717, 1.165) is 11.6 Å². The lowest BCUT2D eigenvalue weighted by Gasteiger charge is -2.14. The van der Waals surface area contributed by atoms with Gasteiger partial charge in [-0.2, -0.15) is 13.2 Å². The molecule has 0 aliphatic carbocycles. The highest BCUT2D eigenvalue weighted by atomic mass is 19.4. The lowest BCUT2D eigenvalue weighted by Crippen LogP contribution is -2.21. The van der Waals surface area contributed by atoms with Gasteiger partial charge in [0.1, 0.15) is 0 Å². The van der Waals surface area contributed by atoms with E-state index in [2.05, 4.69) is 10.6 Å². The Hall–Kier alpha value is -2.50. The quantitative estimate of drug-likeness (QED) is 0.831. The van der Waals surface area contributed by atoms with Crippen LogP contribution in [0.3, 0.4) is 0 Å². The van der Waals surface area contributed by atoms with E-state index in [4.69, 9.17) is 0 Å². The Morgan fingerprint density at radius 1 is 1.00 bits per heavy atom. The van der Waals surface area contributed by atoms with Gasteiger partial charge < -0.3 is 10.6 Å². The number of para-hydroxylation sites is 1. The van der Waals surface area contributed by atoms with Crippen molar-refractivity contribution in [3.63, 3.8) is 0 Å². The number of hydrogen-bond donors (Lipinski definition) is 2. The van der Waals surface area contributed by atoms with Gasteiger partial charge in [0.2, 0.25) is 0 Å². The standard InChI is InChI=1S/C15H13F3N2O/c1-10-5-4-6-11(9-10)19-14(21)20-13-8-3-2-7-12(13)15(16,17)18/h2-9H,1H3,(H2,19,20,21). The summed E-state index contributed by atoms with van der Waals surface area (Å²) >= 11 is 0. The number of carbonyl (C=O) groups excluding carboxylic acids is 1. The minimum atomic E-state index is -4.52. The molecule has 0 aliphatic heterocycles. The first-order chi connectivity index (χ1) is 9.86. The predicted octanol–water partition coefficient (Wildman–Crippen LogP) is 4.66. The van der Waals surface area contributed by atoms with Gasteiger partial charge in [-0.3, -0.25) is 0 Å². The van der Waals surface area contributed by atoms with E-state index in [-0.39, 0.29) is 5.69 Å². The Labute approximate surface area is 119 Å². The third kappa shape index (κ3) is 3.98. The molecule has 0 saturated heterocycles. The number of rotatable bonds is 2. The first kappa shape index (κ1) is 14.9. The Morgan fingerprint density at radius 3 is 2.38 bits per heavy atom. The third-order valence-electron chi connectivity index (χ3n) is 2.76. The molecule has 0 aromatic heterocycles. The molecule has 21 heavy (non-hydrogen) atoms. The minimum absolute atomic E-state index is 0.282. The molecule has 2 aromatic carbocycles. The van der Waals surface area contributed by atoms with Crippen molar-refractivity contribution in [2.24, 2.45) is 0 Å². The van der Waals surface area contributed by atoms with Crippen LogP contribution in [0.5, 0.6) is 0 Å². The molecule has 0 atom stereocenters. The van der Waals surface area contributed by atoms with E-state index in [1.54, 1.807) is 18.2 Å². The van der Waals surface area contributed by atoms with E-state index in [1.807, 2.05) is 13.0 Å². The van der Waals surface area contributed by atoms with Gasteiger partial charge in [0.15, 0.2) is 0 Å². The number of amides is 2. The van der Waals surface area contributed by atoms with Crippen molar-refractivity contribution in [3.05, 3.63) is 59.7 Å². The van der Waals surface area contributed by atoms with Gasteiger partial charge in [0, 0.05) is 5.69 Å². The molecule has 2 amide bonds. The highest BCUT2D eigenvalue weighted by Gasteiger charge is 2.33. The molecule has 3 nitrogen and oxygen atoms in total. The smallest absolute Gasteiger partial charge is 0.308 e. The van der Waals surface area contributed by atoms with Gasteiger partial charge in [-0.25, -0.2) is 4.79 Å². The zero-order chi connectivity index (χ0) is 15.5. The zero-order valence-electron chi connectivity index (χ0n) is 11.2. The van der Waals surface area contributed by atoms with Crippen LogP contribution in [0.2, 0.25) is 0 Å². The molecule has 0 fully saturated rings. The summed E-state index contributed by atoms with van der Waals surface area (Å²) < 4.78 is 38.4. The molecule has 0 radical (unpaired) electrons. The molecule has 0 bridgehead atoms. The number of halogens is 3. The maximum absolute atomic E-state index is 12.8. The summed E-state index contributed by atoms with van der Waals surface area (Å²) in [4.78, 5) is 11.8. The number of alkyl halides is 3. The lowest BCUT2D eigenvalue weighted by atomic mass is 10.1. The molecule has 2 aromatic rings. The molecule has 0 heterocycles. The summed E-state index contributed by atoms with van der Waals surface area (Å²) in [5.41, 5.74) is 0.278. The number of carbonyl (C=O) groups is 1. The molecule has 2 rings (SSSR count). The summed E-state index contributed by atoms with van der Waals surface area (Å²) in [6, 6.07) is 11.1. The van der Waals surface area contributed by atoms with Gasteiger partial charge >= 0.3 is 12.2 Å². The number of benzene rings is 2. The van der Waals surface area contributed by atoms with Crippen molar-refractivity contribution in [1.82, 2.24) is 0 Å². The average molecular weight is 294 g/mol. The third-order valence-corrected chi connectivity index (χ3v) is 2.76. The molecule has 2 N–H and O–H groups in total. The topological polar surface area (TPSA) is 41.1 Å². The second-order valence-electron chi connectivity index (χ2n) is 4.49. The number of nitrogens with one attached hydrogen (secondary N) is 2. The van der Waals surface area contributed by atoms with Gasteiger partial charge in [-0.05, 0) is 36.8 Å². The van der Waals surface area contributed by atoms with Crippen LogP contribution in [-0.4, -0.2) is 6.03 Å². The maximum Gasteiger partial charge on any atom is 0.418 e. The van der Waals surface area contributed by atoms with E-state index in [1.165, 1.54) is 18.2 Å². The molecule has 0 aliphatic rings. The summed E-state index contributed by atoms with van der Waals surface area (Å²) in [5.74, 6) is 0. The van der Waals surface area contributed by atoms with Crippen LogP contribution < -0.4 is 10.6 Å². The van der Waals surface area contributed by atoms with Crippen molar-refractivity contribution in [2.75, 3.05) is 10.6 Å². The molecule has 0 unspecified atom stereocenters.